The maximum atomic E-state index is 13.2. The Balaban J connectivity index is 2.01. The monoisotopic (exact) mass is 331 g/mol. The fraction of sp³-hybridized carbons (Fsp3) is 0. The Labute approximate surface area is 135 Å². The minimum atomic E-state index is -0.666. The molecular formula is C15H11ClFN5O. The van der Waals surface area contributed by atoms with Crippen LogP contribution in [0.15, 0.2) is 42.7 Å². The number of urea groups is 1. The third kappa shape index (κ3) is 3.29. The zero-order valence-corrected chi connectivity index (χ0v) is 12.4. The molecule has 23 heavy (non-hydrogen) atoms. The van der Waals surface area contributed by atoms with Gasteiger partial charge in [0.25, 0.3) is 0 Å². The molecule has 0 spiro atoms. The highest BCUT2D eigenvalue weighted by molar-refractivity contribution is 6.31. The molecule has 1 heterocycles. The van der Waals surface area contributed by atoms with Crippen molar-refractivity contribution in [3.05, 3.63) is 53.6 Å². The van der Waals surface area contributed by atoms with Gasteiger partial charge in [0.1, 0.15) is 18.0 Å². The Morgan fingerprint density at radius 3 is 2.65 bits per heavy atom. The lowest BCUT2D eigenvalue weighted by atomic mass is 10.2. The van der Waals surface area contributed by atoms with E-state index in [-0.39, 0.29) is 5.02 Å². The van der Waals surface area contributed by atoms with E-state index in [9.17, 15) is 9.18 Å². The summed E-state index contributed by atoms with van der Waals surface area (Å²) in [4.78, 5) is 19.3. The quantitative estimate of drug-likeness (QED) is 0.683. The van der Waals surface area contributed by atoms with Gasteiger partial charge in [-0.3, -0.25) is 0 Å². The molecule has 3 rings (SSSR count). The number of aromatic nitrogens is 2. The molecule has 2 aromatic carbocycles. The van der Waals surface area contributed by atoms with Crippen LogP contribution in [0, 0.1) is 5.82 Å². The average Bonchev–Trinajstić information content (AvgIpc) is 2.51. The minimum Gasteiger partial charge on any atom is -0.351 e. The molecule has 0 fully saturated rings. The van der Waals surface area contributed by atoms with Crippen LogP contribution in [0.2, 0.25) is 5.02 Å². The summed E-state index contributed by atoms with van der Waals surface area (Å²) in [6.07, 6.45) is 1.40. The van der Waals surface area contributed by atoms with Crippen LogP contribution in [-0.2, 0) is 0 Å². The van der Waals surface area contributed by atoms with Crippen molar-refractivity contribution >= 4 is 45.7 Å². The van der Waals surface area contributed by atoms with Gasteiger partial charge in [0.15, 0.2) is 0 Å². The van der Waals surface area contributed by atoms with Crippen molar-refractivity contribution in [1.29, 1.82) is 0 Å². The summed E-state index contributed by atoms with van der Waals surface area (Å²) in [6, 6.07) is 8.68. The van der Waals surface area contributed by atoms with E-state index >= 15 is 0 Å². The van der Waals surface area contributed by atoms with Gasteiger partial charge in [-0.2, -0.15) is 0 Å². The van der Waals surface area contributed by atoms with Gasteiger partial charge in [-0.05, 0) is 36.4 Å². The van der Waals surface area contributed by atoms with Crippen LogP contribution in [0.5, 0.6) is 0 Å². The summed E-state index contributed by atoms with van der Waals surface area (Å²) in [5.74, 6) is -0.0106. The predicted octanol–water partition coefficient (Wildman–Crippen LogP) is 3.66. The Morgan fingerprint density at radius 1 is 1.13 bits per heavy atom. The molecule has 8 heteroatoms. The first-order valence-corrected chi connectivity index (χ1v) is 6.94. The molecule has 6 nitrogen and oxygen atoms in total. The van der Waals surface area contributed by atoms with Gasteiger partial charge in [-0.15, -0.1) is 0 Å². The van der Waals surface area contributed by atoms with Gasteiger partial charge >= 0.3 is 6.03 Å². The van der Waals surface area contributed by atoms with E-state index in [1.54, 1.807) is 24.3 Å². The molecule has 3 aromatic rings. The first-order chi connectivity index (χ1) is 11.0. The van der Waals surface area contributed by atoms with Gasteiger partial charge in [0.05, 0.1) is 10.5 Å². The number of nitrogens with zero attached hydrogens (tertiary/aromatic N) is 2. The molecule has 2 amide bonds. The second-order valence-corrected chi connectivity index (χ2v) is 5.10. The normalized spacial score (nSPS) is 10.5. The van der Waals surface area contributed by atoms with Crippen LogP contribution >= 0.6 is 11.6 Å². The SMILES string of the molecule is NC(=O)Nc1ccc2ncnc(Nc3ccc(F)c(Cl)c3)c2c1. The summed E-state index contributed by atoms with van der Waals surface area (Å²) < 4.78 is 13.2. The Morgan fingerprint density at radius 2 is 1.91 bits per heavy atom. The third-order valence-electron chi connectivity index (χ3n) is 3.09. The number of primary amides is 1. The highest BCUT2D eigenvalue weighted by Gasteiger charge is 2.08. The molecule has 0 radical (unpaired) electrons. The number of benzene rings is 2. The predicted molar refractivity (Wildman–Crippen MR) is 87.4 cm³/mol. The molecule has 0 saturated carbocycles. The zero-order valence-electron chi connectivity index (χ0n) is 11.7. The highest BCUT2D eigenvalue weighted by atomic mass is 35.5. The summed E-state index contributed by atoms with van der Waals surface area (Å²) in [6.45, 7) is 0. The maximum absolute atomic E-state index is 13.2. The Bertz CT molecular complexity index is 902. The molecule has 0 aliphatic rings. The van der Waals surface area contributed by atoms with E-state index in [0.717, 1.165) is 0 Å². The molecule has 0 bridgehead atoms. The first kappa shape index (κ1) is 15.0. The number of hydrogen-bond donors (Lipinski definition) is 3. The van der Waals surface area contributed by atoms with Crippen LogP contribution < -0.4 is 16.4 Å². The maximum Gasteiger partial charge on any atom is 0.316 e. The first-order valence-electron chi connectivity index (χ1n) is 6.56. The lowest BCUT2D eigenvalue weighted by Crippen LogP contribution is -2.19. The molecule has 0 atom stereocenters. The van der Waals surface area contributed by atoms with E-state index in [1.807, 2.05) is 0 Å². The number of fused-ring (bicyclic) bond motifs is 1. The largest absolute Gasteiger partial charge is 0.351 e. The number of rotatable bonds is 3. The number of anilines is 3. The molecule has 4 N–H and O–H groups in total. The van der Waals surface area contributed by atoms with Gasteiger partial charge in [-0.25, -0.2) is 19.2 Å². The number of nitrogens with one attached hydrogen (secondary N) is 2. The topological polar surface area (TPSA) is 92.9 Å². The van der Waals surface area contributed by atoms with Crippen molar-refractivity contribution in [2.24, 2.45) is 5.73 Å². The molecular weight excluding hydrogens is 321 g/mol. The third-order valence-corrected chi connectivity index (χ3v) is 3.37. The Hall–Kier alpha value is -2.93. The Kier molecular flexibility index (Phi) is 3.94. The lowest BCUT2D eigenvalue weighted by Gasteiger charge is -2.10. The van der Waals surface area contributed by atoms with Gasteiger partial charge < -0.3 is 16.4 Å². The smallest absolute Gasteiger partial charge is 0.316 e. The lowest BCUT2D eigenvalue weighted by molar-refractivity contribution is 0.259. The number of amides is 2. The number of carbonyl (C=O) groups is 1. The van der Waals surface area contributed by atoms with Crippen molar-refractivity contribution in [2.45, 2.75) is 0 Å². The van der Waals surface area contributed by atoms with Crippen LogP contribution in [0.1, 0.15) is 0 Å². The van der Waals surface area contributed by atoms with Crippen molar-refractivity contribution in [2.75, 3.05) is 10.6 Å². The highest BCUT2D eigenvalue weighted by Crippen LogP contribution is 2.27. The van der Waals surface area contributed by atoms with E-state index < -0.39 is 11.8 Å². The van der Waals surface area contributed by atoms with Crippen molar-refractivity contribution in [1.82, 2.24) is 9.97 Å². The number of carbonyl (C=O) groups excluding carboxylic acids is 1. The second kappa shape index (κ2) is 6.05. The standard InChI is InChI=1S/C15H11ClFN5O/c16-11-6-9(1-3-12(11)17)21-14-10-5-8(22-15(18)23)2-4-13(10)19-7-20-14/h1-7H,(H3,18,22,23)(H,19,20,21). The van der Waals surface area contributed by atoms with Crippen molar-refractivity contribution in [3.8, 4) is 0 Å². The van der Waals surface area contributed by atoms with Crippen LogP contribution in [-0.4, -0.2) is 16.0 Å². The summed E-state index contributed by atoms with van der Waals surface area (Å²) >= 11 is 5.77. The molecule has 1 aromatic heterocycles. The molecule has 0 aliphatic heterocycles. The van der Waals surface area contributed by atoms with Gasteiger partial charge in [-0.1, -0.05) is 11.6 Å². The number of halogens is 2. The van der Waals surface area contributed by atoms with Crippen molar-refractivity contribution < 1.29 is 9.18 Å². The van der Waals surface area contributed by atoms with Crippen LogP contribution in [0.3, 0.4) is 0 Å². The van der Waals surface area contributed by atoms with Crippen LogP contribution in [0.4, 0.5) is 26.4 Å². The minimum absolute atomic E-state index is 0.00412. The average molecular weight is 332 g/mol. The number of hydrogen-bond acceptors (Lipinski definition) is 4. The molecule has 0 aliphatic carbocycles. The molecule has 116 valence electrons. The van der Waals surface area contributed by atoms with E-state index in [1.165, 1.54) is 18.5 Å². The van der Waals surface area contributed by atoms with E-state index in [2.05, 4.69) is 20.6 Å². The van der Waals surface area contributed by atoms with E-state index in [0.29, 0.717) is 28.1 Å². The van der Waals surface area contributed by atoms with Gasteiger partial charge in [0, 0.05) is 16.8 Å². The summed E-state index contributed by atoms with van der Waals surface area (Å²) in [5, 5.41) is 6.21. The fourth-order valence-corrected chi connectivity index (χ4v) is 2.27. The second-order valence-electron chi connectivity index (χ2n) is 4.70. The van der Waals surface area contributed by atoms with Gasteiger partial charge in [0.2, 0.25) is 0 Å². The fourth-order valence-electron chi connectivity index (χ4n) is 2.09. The molecule has 0 saturated heterocycles. The summed E-state index contributed by atoms with van der Waals surface area (Å²) in [7, 11) is 0. The van der Waals surface area contributed by atoms with E-state index in [4.69, 9.17) is 17.3 Å². The zero-order chi connectivity index (χ0) is 16.4. The molecule has 0 unspecified atom stereocenters. The summed E-state index contributed by atoms with van der Waals surface area (Å²) in [5.41, 5.74) is 6.87. The van der Waals surface area contributed by atoms with Crippen LogP contribution in [0.25, 0.3) is 10.9 Å². The number of nitrogens with two attached hydrogens (primary N) is 1. The van der Waals surface area contributed by atoms with Crippen molar-refractivity contribution in [3.63, 3.8) is 0 Å².